The molecular weight excluding hydrogens is 422 g/mol. The molecule has 4 rings (SSSR count). The lowest BCUT2D eigenvalue weighted by atomic mass is 10.1. The number of ether oxygens (including phenoxy) is 2. The van der Waals surface area contributed by atoms with Crippen LogP contribution in [0, 0.1) is 0 Å². The average Bonchev–Trinajstić information content (AvgIpc) is 2.83. The predicted molar refractivity (Wildman–Crippen MR) is 122 cm³/mol. The molecule has 0 spiro atoms. The minimum absolute atomic E-state index is 0.0729. The van der Waals surface area contributed by atoms with Crippen LogP contribution in [-0.2, 0) is 22.6 Å². The zero-order chi connectivity index (χ0) is 23.0. The number of nitrogens with one attached hydrogen (secondary N) is 1. The van der Waals surface area contributed by atoms with E-state index < -0.39 is 23.7 Å². The number of hydrogen-bond acceptors (Lipinski definition) is 6. The Balaban J connectivity index is 1.47. The van der Waals surface area contributed by atoms with Crippen LogP contribution in [0.5, 0.6) is 5.75 Å². The van der Waals surface area contributed by atoms with Crippen LogP contribution < -0.4 is 15.7 Å². The Morgan fingerprint density at radius 3 is 2.24 bits per heavy atom. The van der Waals surface area contributed by atoms with E-state index in [1.54, 1.807) is 18.2 Å². The Kier molecular flexibility index (Phi) is 6.80. The minimum Gasteiger partial charge on any atom is -0.445 e. The molecule has 1 heterocycles. The van der Waals surface area contributed by atoms with Crippen LogP contribution in [0.2, 0.25) is 0 Å². The van der Waals surface area contributed by atoms with Gasteiger partial charge in [-0.25, -0.2) is 14.4 Å². The summed E-state index contributed by atoms with van der Waals surface area (Å²) in [5.74, 6) is -0.479. The summed E-state index contributed by atoms with van der Waals surface area (Å²) in [7, 11) is 0. The fraction of sp³-hybridized carbons (Fsp3) is 0.115. The Morgan fingerprint density at radius 2 is 1.52 bits per heavy atom. The molecule has 166 valence electrons. The quantitative estimate of drug-likeness (QED) is 0.261. The minimum atomic E-state index is -0.992. The maximum absolute atomic E-state index is 12.9. The Labute approximate surface area is 189 Å². The van der Waals surface area contributed by atoms with Gasteiger partial charge in [-0.15, -0.1) is 0 Å². The second-order valence-corrected chi connectivity index (χ2v) is 7.32. The molecule has 0 aliphatic rings. The van der Waals surface area contributed by atoms with Crippen LogP contribution in [0.4, 0.5) is 4.79 Å². The first-order chi connectivity index (χ1) is 16.1. The fourth-order valence-electron chi connectivity index (χ4n) is 3.24. The van der Waals surface area contributed by atoms with Crippen molar-refractivity contribution in [3.63, 3.8) is 0 Å². The molecule has 1 atom stereocenters. The largest absolute Gasteiger partial charge is 0.445 e. The Bertz CT molecular complexity index is 1300. The van der Waals surface area contributed by atoms with Gasteiger partial charge in [-0.05, 0) is 29.3 Å². The number of amides is 1. The zero-order valence-corrected chi connectivity index (χ0v) is 17.6. The standard InChI is InChI=1S/C26H21NO6/c28-24-14-12-20-11-13-21(16-23(20)33-24)32-25(29)22(15-18-7-3-1-4-8-18)27-26(30)31-17-19-9-5-2-6-10-19/h1-14,16,22H,15,17H2,(H,27,30)/t22-/m0/s1. The van der Waals surface area contributed by atoms with E-state index in [9.17, 15) is 14.4 Å². The summed E-state index contributed by atoms with van der Waals surface area (Å²) in [6, 6.07) is 25.1. The van der Waals surface area contributed by atoms with Crippen molar-refractivity contribution in [1.29, 1.82) is 0 Å². The van der Waals surface area contributed by atoms with E-state index in [0.717, 1.165) is 11.1 Å². The number of hydrogen-bond donors (Lipinski definition) is 1. The molecule has 4 aromatic rings. The maximum Gasteiger partial charge on any atom is 0.408 e. The third-order valence-corrected chi connectivity index (χ3v) is 4.89. The Hall–Kier alpha value is -4.39. The van der Waals surface area contributed by atoms with Gasteiger partial charge in [0.05, 0.1) is 0 Å². The highest BCUT2D eigenvalue weighted by atomic mass is 16.6. The molecular formula is C26H21NO6. The van der Waals surface area contributed by atoms with E-state index in [1.165, 1.54) is 12.1 Å². The van der Waals surface area contributed by atoms with Crippen LogP contribution in [-0.4, -0.2) is 18.1 Å². The summed E-state index contributed by atoms with van der Waals surface area (Å²) in [5.41, 5.74) is 1.46. The highest BCUT2D eigenvalue weighted by Gasteiger charge is 2.24. The topological polar surface area (TPSA) is 94.8 Å². The summed E-state index contributed by atoms with van der Waals surface area (Å²) < 4.78 is 15.9. The van der Waals surface area contributed by atoms with Crippen molar-refractivity contribution in [3.8, 4) is 5.75 Å². The summed E-state index contributed by atoms with van der Waals surface area (Å²) in [5, 5.41) is 3.29. The van der Waals surface area contributed by atoms with Crippen molar-refractivity contribution < 1.29 is 23.5 Å². The Morgan fingerprint density at radius 1 is 0.848 bits per heavy atom. The number of fused-ring (bicyclic) bond motifs is 1. The third kappa shape index (κ3) is 6.07. The molecule has 1 amide bonds. The number of rotatable bonds is 7. The molecule has 0 radical (unpaired) electrons. The van der Waals surface area contributed by atoms with Gasteiger partial charge in [-0.1, -0.05) is 60.7 Å². The van der Waals surface area contributed by atoms with Crippen LogP contribution in [0.1, 0.15) is 11.1 Å². The molecule has 0 aliphatic carbocycles. The maximum atomic E-state index is 12.9. The molecule has 0 bridgehead atoms. The molecule has 0 unspecified atom stereocenters. The van der Waals surface area contributed by atoms with Crippen molar-refractivity contribution >= 4 is 23.0 Å². The van der Waals surface area contributed by atoms with E-state index in [-0.39, 0.29) is 18.8 Å². The zero-order valence-electron chi connectivity index (χ0n) is 17.6. The van der Waals surface area contributed by atoms with Gasteiger partial charge in [-0.3, -0.25) is 0 Å². The van der Waals surface area contributed by atoms with Crippen LogP contribution in [0.25, 0.3) is 11.0 Å². The fourth-order valence-corrected chi connectivity index (χ4v) is 3.24. The van der Waals surface area contributed by atoms with Crippen LogP contribution in [0.15, 0.2) is 100 Å². The molecule has 33 heavy (non-hydrogen) atoms. The summed E-state index contributed by atoms with van der Waals surface area (Å²) in [6.07, 6.45) is -0.524. The van der Waals surface area contributed by atoms with Crippen molar-refractivity contribution in [2.24, 2.45) is 0 Å². The summed E-state index contributed by atoms with van der Waals surface area (Å²) in [4.78, 5) is 36.8. The van der Waals surface area contributed by atoms with Gasteiger partial charge in [0.15, 0.2) is 0 Å². The first-order valence-electron chi connectivity index (χ1n) is 10.3. The number of carbonyl (C=O) groups is 2. The molecule has 3 aromatic carbocycles. The molecule has 7 heteroatoms. The van der Waals surface area contributed by atoms with E-state index in [1.807, 2.05) is 60.7 Å². The van der Waals surface area contributed by atoms with Gasteiger partial charge in [-0.2, -0.15) is 0 Å². The van der Waals surface area contributed by atoms with Crippen LogP contribution in [0.3, 0.4) is 0 Å². The predicted octanol–water partition coefficient (Wildman–Crippen LogP) is 4.24. The number of esters is 1. The molecule has 0 aliphatic heterocycles. The molecule has 0 saturated carbocycles. The number of carbonyl (C=O) groups excluding carboxylic acids is 2. The lowest BCUT2D eigenvalue weighted by Gasteiger charge is -2.18. The number of benzene rings is 3. The second-order valence-electron chi connectivity index (χ2n) is 7.32. The summed E-state index contributed by atoms with van der Waals surface area (Å²) in [6.45, 7) is 0.0729. The van der Waals surface area contributed by atoms with Gasteiger partial charge >= 0.3 is 17.7 Å². The highest BCUT2D eigenvalue weighted by molar-refractivity contribution is 5.84. The van der Waals surface area contributed by atoms with Crippen LogP contribution >= 0.6 is 0 Å². The smallest absolute Gasteiger partial charge is 0.408 e. The van der Waals surface area contributed by atoms with Crippen molar-refractivity contribution in [2.45, 2.75) is 19.1 Å². The molecule has 0 saturated heterocycles. The monoisotopic (exact) mass is 443 g/mol. The highest BCUT2D eigenvalue weighted by Crippen LogP contribution is 2.20. The number of alkyl carbamates (subject to hydrolysis) is 1. The molecule has 0 fully saturated rings. The van der Waals surface area contributed by atoms with Gasteiger partial charge < -0.3 is 19.2 Å². The van der Waals surface area contributed by atoms with Gasteiger partial charge in [0.25, 0.3) is 0 Å². The van der Waals surface area contributed by atoms with Gasteiger partial charge in [0.2, 0.25) is 0 Å². The van der Waals surface area contributed by atoms with Crippen molar-refractivity contribution in [3.05, 3.63) is 113 Å². The lowest BCUT2D eigenvalue weighted by molar-refractivity contribution is -0.136. The first-order valence-corrected chi connectivity index (χ1v) is 10.3. The van der Waals surface area contributed by atoms with E-state index in [0.29, 0.717) is 11.0 Å². The third-order valence-electron chi connectivity index (χ3n) is 4.89. The van der Waals surface area contributed by atoms with Gasteiger partial charge in [0, 0.05) is 23.9 Å². The lowest BCUT2D eigenvalue weighted by Crippen LogP contribution is -2.44. The normalized spacial score (nSPS) is 11.5. The first kappa shape index (κ1) is 21.8. The molecule has 7 nitrogen and oxygen atoms in total. The average molecular weight is 443 g/mol. The van der Waals surface area contributed by atoms with Gasteiger partial charge in [0.1, 0.15) is 24.0 Å². The van der Waals surface area contributed by atoms with E-state index in [4.69, 9.17) is 13.9 Å². The van der Waals surface area contributed by atoms with E-state index >= 15 is 0 Å². The van der Waals surface area contributed by atoms with E-state index in [2.05, 4.69) is 5.32 Å². The SMILES string of the molecule is O=C(N[C@@H](Cc1ccccc1)C(=O)Oc1ccc2ccc(=O)oc2c1)OCc1ccccc1. The second kappa shape index (κ2) is 10.3. The summed E-state index contributed by atoms with van der Waals surface area (Å²) >= 11 is 0. The molecule has 1 N–H and O–H groups in total. The molecule has 1 aromatic heterocycles. The van der Waals surface area contributed by atoms with Crippen molar-refractivity contribution in [2.75, 3.05) is 0 Å². The van der Waals surface area contributed by atoms with Crippen molar-refractivity contribution in [1.82, 2.24) is 5.32 Å².